The molecule has 276 valence electrons. The summed E-state index contributed by atoms with van der Waals surface area (Å²) in [5, 5.41) is 11.9. The SMILES string of the molecule is CN(Cc1cccc2c1OCCOCCOCCN(CCCC(=O)O)S(=O)(=O)c1ccc(cc1)-c1cnc(N)c(n1)C(=O)N2)C(=O)OC(C)(C)C. The Bertz CT molecular complexity index is 1800. The number of hydrogen-bond acceptors (Lipinski definition) is 12. The third kappa shape index (κ3) is 11.1. The minimum atomic E-state index is -4.02. The molecule has 0 spiro atoms. The highest BCUT2D eigenvalue weighted by Gasteiger charge is 2.26. The highest BCUT2D eigenvalue weighted by molar-refractivity contribution is 7.89. The third-order valence-corrected chi connectivity index (χ3v) is 9.30. The van der Waals surface area contributed by atoms with Crippen molar-refractivity contribution in [2.75, 3.05) is 64.2 Å². The molecule has 1 aromatic heterocycles. The number of benzene rings is 2. The Balaban J connectivity index is 1.66. The standard InChI is InChI=1S/C34H44N6O10S/c1-34(2,3)50-33(44)39(4)22-24-7-5-8-26-30(24)49-20-19-48-18-17-47-16-15-40(14-6-9-28(41)42)51(45,46)25-12-10-23(11-13-25)27-21-36-31(35)29(37-27)32(43)38-26/h5,7-8,10-13,21H,6,9,14-20,22H2,1-4H3,(H2,35,36)(H,38,43)(H,41,42). The molecule has 0 fully saturated rings. The molecule has 51 heavy (non-hydrogen) atoms. The molecule has 16 nitrogen and oxygen atoms in total. The summed E-state index contributed by atoms with van der Waals surface area (Å²) in [5.41, 5.74) is 6.80. The Hall–Kier alpha value is -4.84. The summed E-state index contributed by atoms with van der Waals surface area (Å²) >= 11 is 0. The second kappa shape index (κ2) is 17.4. The number of anilines is 2. The fourth-order valence-electron chi connectivity index (χ4n) is 4.92. The number of nitrogens with one attached hydrogen (secondary N) is 1. The number of amides is 2. The fourth-order valence-corrected chi connectivity index (χ4v) is 6.38. The van der Waals surface area contributed by atoms with Gasteiger partial charge < -0.3 is 40.0 Å². The van der Waals surface area contributed by atoms with Gasteiger partial charge in [-0.15, -0.1) is 0 Å². The Morgan fingerprint density at radius 2 is 1.75 bits per heavy atom. The van der Waals surface area contributed by atoms with E-state index in [0.29, 0.717) is 16.9 Å². The van der Waals surface area contributed by atoms with Gasteiger partial charge in [0, 0.05) is 37.7 Å². The topological polar surface area (TPSA) is 213 Å². The van der Waals surface area contributed by atoms with E-state index < -0.39 is 33.6 Å². The zero-order valence-electron chi connectivity index (χ0n) is 29.1. The number of carbonyl (C=O) groups is 3. The molecule has 3 heterocycles. The smallest absolute Gasteiger partial charge is 0.410 e. The average molecular weight is 729 g/mol. The van der Waals surface area contributed by atoms with Gasteiger partial charge in [0.1, 0.15) is 18.0 Å². The summed E-state index contributed by atoms with van der Waals surface area (Å²) in [7, 11) is -2.43. The first-order valence-corrected chi connectivity index (χ1v) is 17.7. The van der Waals surface area contributed by atoms with E-state index in [4.69, 9.17) is 29.8 Å². The number of nitrogen functional groups attached to an aromatic ring is 1. The first kappa shape index (κ1) is 39.0. The molecule has 5 rings (SSSR count). The van der Waals surface area contributed by atoms with Crippen molar-refractivity contribution in [1.29, 1.82) is 0 Å². The number of nitrogens with zero attached hydrogens (tertiary/aromatic N) is 4. The quantitative estimate of drug-likeness (QED) is 0.310. The van der Waals surface area contributed by atoms with Crippen LogP contribution in [-0.2, 0) is 35.6 Å². The first-order chi connectivity index (χ1) is 24.2. The molecule has 2 aliphatic rings. The van der Waals surface area contributed by atoms with Crippen LogP contribution in [0.4, 0.5) is 16.3 Å². The van der Waals surface area contributed by atoms with E-state index in [-0.39, 0.29) is 93.3 Å². The van der Waals surface area contributed by atoms with Crippen molar-refractivity contribution in [3.8, 4) is 17.0 Å². The molecule has 2 aromatic carbocycles. The summed E-state index contributed by atoms with van der Waals surface area (Å²) in [6.07, 6.45) is 0.745. The zero-order valence-corrected chi connectivity index (χ0v) is 29.9. The minimum Gasteiger partial charge on any atom is -0.489 e. The van der Waals surface area contributed by atoms with Gasteiger partial charge in [0.2, 0.25) is 10.0 Å². The van der Waals surface area contributed by atoms with Crippen LogP contribution in [0.15, 0.2) is 53.6 Å². The van der Waals surface area contributed by atoms with Crippen LogP contribution in [0.3, 0.4) is 0 Å². The van der Waals surface area contributed by atoms with Gasteiger partial charge in [-0.25, -0.2) is 23.2 Å². The van der Waals surface area contributed by atoms with Crippen LogP contribution in [0.25, 0.3) is 11.3 Å². The van der Waals surface area contributed by atoms with E-state index in [1.807, 2.05) is 0 Å². The highest BCUT2D eigenvalue weighted by atomic mass is 32.2. The zero-order chi connectivity index (χ0) is 37.2. The minimum absolute atomic E-state index is 0.00791. The molecular formula is C34H44N6O10S. The number of hydrogen-bond donors (Lipinski definition) is 3. The average Bonchev–Trinajstić information content (AvgIpc) is 3.06. The lowest BCUT2D eigenvalue weighted by Crippen LogP contribution is -2.35. The van der Waals surface area contributed by atoms with Gasteiger partial charge >= 0.3 is 12.1 Å². The number of para-hydroxylation sites is 1. The van der Waals surface area contributed by atoms with Crippen molar-refractivity contribution < 1.29 is 46.9 Å². The largest absolute Gasteiger partial charge is 0.489 e. The molecule has 4 N–H and O–H groups in total. The molecule has 4 bridgehead atoms. The molecule has 2 aliphatic heterocycles. The molecular weight excluding hydrogens is 684 g/mol. The van der Waals surface area contributed by atoms with Gasteiger partial charge in [0.25, 0.3) is 5.91 Å². The molecule has 0 saturated heterocycles. The number of aliphatic carboxylic acids is 1. The lowest BCUT2D eigenvalue weighted by molar-refractivity contribution is -0.137. The van der Waals surface area contributed by atoms with Crippen LogP contribution < -0.4 is 15.8 Å². The van der Waals surface area contributed by atoms with Gasteiger partial charge in [0.05, 0.1) is 55.4 Å². The number of carboxylic acids is 1. The molecule has 3 aromatic rings. The van der Waals surface area contributed by atoms with Crippen molar-refractivity contribution in [3.05, 3.63) is 59.9 Å². The summed E-state index contributed by atoms with van der Waals surface area (Å²) in [6, 6.07) is 10.9. The van der Waals surface area contributed by atoms with Crippen molar-refractivity contribution in [2.24, 2.45) is 0 Å². The molecule has 0 unspecified atom stereocenters. The maximum Gasteiger partial charge on any atom is 0.410 e. The molecule has 0 atom stereocenters. The predicted octanol–water partition coefficient (Wildman–Crippen LogP) is 3.63. The van der Waals surface area contributed by atoms with Gasteiger partial charge in [-0.05, 0) is 45.4 Å². The maximum absolute atomic E-state index is 13.6. The number of rotatable bonds is 6. The van der Waals surface area contributed by atoms with Crippen LogP contribution in [-0.4, -0.2) is 109 Å². The van der Waals surface area contributed by atoms with Crippen LogP contribution >= 0.6 is 0 Å². The van der Waals surface area contributed by atoms with E-state index in [1.54, 1.807) is 46.0 Å². The van der Waals surface area contributed by atoms with Crippen LogP contribution in [0.2, 0.25) is 0 Å². The summed E-state index contributed by atoms with van der Waals surface area (Å²) in [6.45, 7) is 5.98. The number of fused-ring (bicyclic) bond motifs is 13. The summed E-state index contributed by atoms with van der Waals surface area (Å²) < 4.78 is 51.2. The monoisotopic (exact) mass is 728 g/mol. The maximum atomic E-state index is 13.6. The number of aromatic nitrogens is 2. The first-order valence-electron chi connectivity index (χ1n) is 16.3. The van der Waals surface area contributed by atoms with E-state index >= 15 is 0 Å². The third-order valence-electron chi connectivity index (χ3n) is 7.39. The number of ether oxygens (including phenoxy) is 4. The lowest BCUT2D eigenvalue weighted by atomic mass is 10.1. The van der Waals surface area contributed by atoms with Crippen LogP contribution in [0, 0.1) is 0 Å². The van der Waals surface area contributed by atoms with E-state index in [1.165, 1.54) is 39.7 Å². The second-order valence-corrected chi connectivity index (χ2v) is 14.5. The van der Waals surface area contributed by atoms with Gasteiger partial charge in [-0.1, -0.05) is 24.3 Å². The van der Waals surface area contributed by atoms with Crippen molar-refractivity contribution in [2.45, 2.75) is 50.7 Å². The normalized spacial score (nSPS) is 16.0. The Kier molecular flexibility index (Phi) is 13.3. The van der Waals surface area contributed by atoms with Gasteiger partial charge in [-0.2, -0.15) is 4.31 Å². The summed E-state index contributed by atoms with van der Waals surface area (Å²) in [5.74, 6) is -1.55. The molecule has 0 radical (unpaired) electrons. The second-order valence-electron chi connectivity index (χ2n) is 12.6. The summed E-state index contributed by atoms with van der Waals surface area (Å²) in [4.78, 5) is 47.4. The van der Waals surface area contributed by atoms with E-state index in [9.17, 15) is 22.8 Å². The fraction of sp³-hybridized carbons (Fsp3) is 0.441. The number of carboxylic acid groups (broad SMARTS) is 1. The number of carbonyl (C=O) groups excluding carboxylic acids is 2. The predicted molar refractivity (Wildman–Crippen MR) is 187 cm³/mol. The van der Waals surface area contributed by atoms with Crippen LogP contribution in [0.1, 0.15) is 49.7 Å². The van der Waals surface area contributed by atoms with Crippen molar-refractivity contribution in [3.63, 3.8) is 0 Å². The Morgan fingerprint density at radius 1 is 1.06 bits per heavy atom. The molecule has 0 saturated carbocycles. The van der Waals surface area contributed by atoms with E-state index in [0.717, 1.165) is 0 Å². The van der Waals surface area contributed by atoms with Crippen molar-refractivity contribution >= 4 is 39.5 Å². The molecule has 2 amide bonds. The van der Waals surface area contributed by atoms with E-state index in [2.05, 4.69) is 15.3 Å². The van der Waals surface area contributed by atoms with Crippen molar-refractivity contribution in [1.82, 2.24) is 19.2 Å². The Morgan fingerprint density at radius 3 is 2.43 bits per heavy atom. The lowest BCUT2D eigenvalue weighted by Gasteiger charge is -2.25. The highest BCUT2D eigenvalue weighted by Crippen LogP contribution is 2.31. The van der Waals surface area contributed by atoms with Crippen LogP contribution in [0.5, 0.6) is 5.75 Å². The number of sulfonamides is 1. The van der Waals surface area contributed by atoms with Gasteiger partial charge in [0.15, 0.2) is 11.5 Å². The Labute approximate surface area is 296 Å². The van der Waals surface area contributed by atoms with Gasteiger partial charge in [-0.3, -0.25) is 9.59 Å². The molecule has 0 aliphatic carbocycles. The number of nitrogens with two attached hydrogens (primary N) is 1. The molecule has 17 heteroatoms.